The van der Waals surface area contributed by atoms with E-state index in [0.717, 1.165) is 50.4 Å². The zero-order chi connectivity index (χ0) is 23.9. The Labute approximate surface area is 198 Å². The van der Waals surface area contributed by atoms with Gasteiger partial charge in [0.15, 0.2) is 13.5 Å². The first-order valence-electron chi connectivity index (χ1n) is 11.5. The predicted octanol–water partition coefficient (Wildman–Crippen LogP) is 5.66. The molecule has 3 aromatic rings. The highest BCUT2D eigenvalue weighted by Crippen LogP contribution is 2.50. The second kappa shape index (κ2) is 7.10. The quantitative estimate of drug-likeness (QED) is 0.442. The molecule has 3 aliphatic rings. The largest absolute Gasteiger partial charge is 0.440 e. The van der Waals surface area contributed by atoms with Gasteiger partial charge in [0.2, 0.25) is 0 Å². The van der Waals surface area contributed by atoms with Crippen molar-refractivity contribution < 1.29 is 19.1 Å². The van der Waals surface area contributed by atoms with Crippen LogP contribution < -0.4 is 9.80 Å². The van der Waals surface area contributed by atoms with Gasteiger partial charge in [0.05, 0.1) is 33.9 Å². The lowest BCUT2D eigenvalue weighted by Gasteiger charge is -2.41. The van der Waals surface area contributed by atoms with Crippen LogP contribution in [0.2, 0.25) is 0 Å². The Bertz CT molecular complexity index is 1420. The van der Waals surface area contributed by atoms with Crippen molar-refractivity contribution in [3.05, 3.63) is 80.4 Å². The van der Waals surface area contributed by atoms with E-state index in [-0.39, 0.29) is 25.4 Å². The zero-order valence-corrected chi connectivity index (χ0v) is 20.0. The van der Waals surface area contributed by atoms with Crippen molar-refractivity contribution in [3.8, 4) is 0 Å². The number of anilines is 4. The molecule has 0 unspecified atom stereocenters. The molecule has 172 valence electrons. The van der Waals surface area contributed by atoms with Crippen molar-refractivity contribution in [1.29, 1.82) is 0 Å². The number of hydrogen-bond acceptors (Lipinski definition) is 6. The molecule has 0 amide bonds. The van der Waals surface area contributed by atoms with E-state index in [1.54, 1.807) is 0 Å². The number of aryl methyl sites for hydroxylation is 5. The maximum atomic E-state index is 13.2. The minimum Gasteiger partial charge on any atom is -0.440 e. The summed E-state index contributed by atoms with van der Waals surface area (Å²) < 4.78 is 11.3. The number of esters is 2. The summed E-state index contributed by atoms with van der Waals surface area (Å²) in [4.78, 5) is 30.3. The van der Waals surface area contributed by atoms with Crippen LogP contribution in [0.5, 0.6) is 0 Å². The van der Waals surface area contributed by atoms with Gasteiger partial charge >= 0.3 is 11.9 Å². The number of hydrogen-bond donors (Lipinski definition) is 0. The Morgan fingerprint density at radius 3 is 1.97 bits per heavy atom. The summed E-state index contributed by atoms with van der Waals surface area (Å²) in [6.45, 7) is 10.6. The molecule has 6 heteroatoms. The van der Waals surface area contributed by atoms with Crippen LogP contribution in [0.1, 0.15) is 59.7 Å². The molecule has 0 saturated heterocycles. The molecule has 6 nitrogen and oxygen atoms in total. The first-order chi connectivity index (χ1) is 16.2. The Balaban J connectivity index is 1.64. The summed E-state index contributed by atoms with van der Waals surface area (Å²) in [6, 6.07) is 10.4. The second-order valence-corrected chi connectivity index (χ2v) is 9.64. The van der Waals surface area contributed by atoms with Gasteiger partial charge in [0.1, 0.15) is 0 Å². The Hall–Kier alpha value is -3.80. The molecule has 0 bridgehead atoms. The molecule has 0 aliphatic carbocycles. The van der Waals surface area contributed by atoms with Crippen LogP contribution >= 0.6 is 0 Å². The molecule has 3 aliphatic heterocycles. The van der Waals surface area contributed by atoms with Gasteiger partial charge in [-0.1, -0.05) is 35.4 Å². The lowest BCUT2D eigenvalue weighted by Crippen LogP contribution is -2.38. The molecule has 0 fully saturated rings. The fraction of sp³-hybridized carbons (Fsp3) is 0.286. The fourth-order valence-electron chi connectivity index (χ4n) is 6.04. The van der Waals surface area contributed by atoms with Gasteiger partial charge in [0.25, 0.3) is 0 Å². The van der Waals surface area contributed by atoms with E-state index in [0.29, 0.717) is 23.2 Å². The summed E-state index contributed by atoms with van der Waals surface area (Å²) in [5.41, 5.74) is 12.1. The van der Waals surface area contributed by atoms with E-state index in [9.17, 15) is 9.59 Å². The van der Waals surface area contributed by atoms with Crippen molar-refractivity contribution in [2.24, 2.45) is 0 Å². The van der Waals surface area contributed by atoms with Gasteiger partial charge in [-0.2, -0.15) is 0 Å². The highest BCUT2D eigenvalue weighted by atomic mass is 16.6. The number of fused-ring (bicyclic) bond motifs is 4. The topological polar surface area (TPSA) is 59.1 Å². The van der Waals surface area contributed by atoms with Crippen molar-refractivity contribution in [3.63, 3.8) is 0 Å². The van der Waals surface area contributed by atoms with Gasteiger partial charge in [-0.15, -0.1) is 0 Å². The molecule has 0 atom stereocenters. The molecule has 3 aromatic carbocycles. The van der Waals surface area contributed by atoms with E-state index in [1.165, 1.54) is 5.56 Å². The van der Waals surface area contributed by atoms with E-state index < -0.39 is 0 Å². The van der Waals surface area contributed by atoms with Gasteiger partial charge < -0.3 is 19.3 Å². The van der Waals surface area contributed by atoms with Crippen molar-refractivity contribution in [2.45, 2.75) is 41.0 Å². The van der Waals surface area contributed by atoms with Crippen LogP contribution in [0.25, 0.3) is 0 Å². The first-order valence-corrected chi connectivity index (χ1v) is 11.5. The maximum absolute atomic E-state index is 13.2. The second-order valence-electron chi connectivity index (χ2n) is 9.64. The average Bonchev–Trinajstić information content (AvgIpc) is 2.76. The molecule has 0 N–H and O–H groups in total. The lowest BCUT2D eigenvalue weighted by atomic mass is 9.85. The Morgan fingerprint density at radius 1 is 0.676 bits per heavy atom. The van der Waals surface area contributed by atoms with E-state index in [4.69, 9.17) is 9.47 Å². The minimum atomic E-state index is -0.361. The van der Waals surface area contributed by atoms with Crippen LogP contribution in [0.4, 0.5) is 22.7 Å². The fourth-order valence-corrected chi connectivity index (χ4v) is 6.04. The molecule has 0 spiro atoms. The molecule has 0 saturated carbocycles. The van der Waals surface area contributed by atoms with E-state index >= 15 is 0 Å². The third kappa shape index (κ3) is 2.81. The molecular formula is C28H26N2O4. The summed E-state index contributed by atoms with van der Waals surface area (Å²) in [5.74, 6) is -0.710. The van der Waals surface area contributed by atoms with E-state index in [1.807, 2.05) is 15.9 Å². The van der Waals surface area contributed by atoms with Gasteiger partial charge in [-0.3, -0.25) is 0 Å². The highest BCUT2D eigenvalue weighted by molar-refractivity contribution is 6.10. The normalized spacial score (nSPS) is 15.9. The first kappa shape index (κ1) is 20.8. The van der Waals surface area contributed by atoms with Crippen LogP contribution in [-0.2, 0) is 15.9 Å². The SMILES string of the molecule is Cc1cc(C)c(N2COC(=O)c3c2cc2c4c3Cc3cc(C)cc(C)c3N4COC2=O)c(C)c1. The number of carbonyl (C=O) groups excluding carboxylic acids is 2. The Morgan fingerprint density at radius 2 is 1.26 bits per heavy atom. The third-order valence-electron chi connectivity index (χ3n) is 7.08. The summed E-state index contributed by atoms with van der Waals surface area (Å²) in [5, 5.41) is 0. The van der Waals surface area contributed by atoms with E-state index in [2.05, 4.69) is 58.9 Å². The standard InChI is InChI=1S/C28H26N2O4/c1-14-6-16(3)24(17(4)7-14)29-12-34-28(32)23-20-10-19-9-15(2)8-18(5)25(19)30-13-33-27(31)21(26(20)30)11-22(23)29/h6-9,11H,10,12-13H2,1-5H3. The van der Waals surface area contributed by atoms with Crippen molar-refractivity contribution in [2.75, 3.05) is 23.3 Å². The number of ether oxygens (including phenoxy) is 2. The summed E-state index contributed by atoms with van der Waals surface area (Å²) in [6.07, 6.45) is 0.557. The highest BCUT2D eigenvalue weighted by Gasteiger charge is 2.40. The van der Waals surface area contributed by atoms with Crippen molar-refractivity contribution in [1.82, 2.24) is 0 Å². The molecule has 0 aromatic heterocycles. The monoisotopic (exact) mass is 454 g/mol. The van der Waals surface area contributed by atoms with Gasteiger partial charge in [-0.25, -0.2) is 9.59 Å². The van der Waals surface area contributed by atoms with Crippen LogP contribution in [0, 0.1) is 34.6 Å². The van der Waals surface area contributed by atoms with Crippen LogP contribution in [0.3, 0.4) is 0 Å². The number of nitrogens with zero attached hydrogens (tertiary/aromatic N) is 2. The smallest absolute Gasteiger partial charge is 0.342 e. The molecule has 34 heavy (non-hydrogen) atoms. The maximum Gasteiger partial charge on any atom is 0.342 e. The molecular weight excluding hydrogens is 428 g/mol. The number of carbonyl (C=O) groups is 2. The summed E-state index contributed by atoms with van der Waals surface area (Å²) >= 11 is 0. The molecule has 0 radical (unpaired) electrons. The lowest BCUT2D eigenvalue weighted by molar-refractivity contribution is 0.0470. The predicted molar refractivity (Wildman–Crippen MR) is 131 cm³/mol. The van der Waals surface area contributed by atoms with Gasteiger partial charge in [0, 0.05) is 6.42 Å². The number of benzene rings is 3. The average molecular weight is 455 g/mol. The van der Waals surface area contributed by atoms with Crippen LogP contribution in [0.15, 0.2) is 30.3 Å². The van der Waals surface area contributed by atoms with Crippen molar-refractivity contribution >= 4 is 34.7 Å². The zero-order valence-electron chi connectivity index (χ0n) is 20.0. The molecule has 3 heterocycles. The Kier molecular flexibility index (Phi) is 4.34. The minimum absolute atomic E-state index is 0.0996. The third-order valence-corrected chi connectivity index (χ3v) is 7.08. The van der Waals surface area contributed by atoms with Crippen LogP contribution in [-0.4, -0.2) is 25.4 Å². The molecule has 6 rings (SSSR count). The van der Waals surface area contributed by atoms with Gasteiger partial charge in [-0.05, 0) is 68.5 Å². The number of cyclic esters (lactones) is 2. The number of rotatable bonds is 1. The summed E-state index contributed by atoms with van der Waals surface area (Å²) in [7, 11) is 0.